The zero-order valence-corrected chi connectivity index (χ0v) is 12.3. The number of hydrogen-bond acceptors (Lipinski definition) is 2. The third-order valence-electron chi connectivity index (χ3n) is 4.77. The van der Waals surface area contributed by atoms with Gasteiger partial charge >= 0.3 is 0 Å². The van der Waals surface area contributed by atoms with Crippen LogP contribution in [0.5, 0.6) is 5.75 Å². The summed E-state index contributed by atoms with van der Waals surface area (Å²) in [5, 5.41) is 9.83. The number of allylic oxidation sites excluding steroid dienone is 1. The van der Waals surface area contributed by atoms with Gasteiger partial charge in [-0.05, 0) is 50.2 Å². The van der Waals surface area contributed by atoms with Gasteiger partial charge in [-0.1, -0.05) is 31.2 Å². The predicted octanol–water partition coefficient (Wildman–Crippen LogP) is 4.07. The fraction of sp³-hybridized carbons (Fsp3) is 0.556. The van der Waals surface area contributed by atoms with Crippen LogP contribution in [0.1, 0.15) is 56.6 Å². The molecule has 0 unspecified atom stereocenters. The summed E-state index contributed by atoms with van der Waals surface area (Å²) in [6, 6.07) is 6.39. The van der Waals surface area contributed by atoms with Crippen LogP contribution in [0.4, 0.5) is 0 Å². The third kappa shape index (κ3) is 2.37. The molecule has 0 aromatic heterocycles. The average Bonchev–Trinajstić information content (AvgIpc) is 2.48. The maximum atomic E-state index is 9.83. The lowest BCUT2D eigenvalue weighted by atomic mass is 9.63. The first-order chi connectivity index (χ1) is 9.75. The smallest absolute Gasteiger partial charge is 0.123 e. The van der Waals surface area contributed by atoms with E-state index < -0.39 is 0 Å². The van der Waals surface area contributed by atoms with Gasteiger partial charge in [-0.15, -0.1) is 0 Å². The highest BCUT2D eigenvalue weighted by Gasteiger charge is 2.40. The molecule has 0 bridgehead atoms. The Hall–Kier alpha value is -1.28. The molecule has 0 heterocycles. The Labute approximate surface area is 121 Å². The van der Waals surface area contributed by atoms with E-state index in [2.05, 4.69) is 37.3 Å². The molecule has 1 N–H and O–H groups in total. The molecule has 1 aromatic carbocycles. The van der Waals surface area contributed by atoms with Crippen molar-refractivity contribution in [2.75, 3.05) is 6.61 Å². The van der Waals surface area contributed by atoms with Crippen LogP contribution < -0.4 is 4.74 Å². The van der Waals surface area contributed by atoms with Gasteiger partial charge in [0.15, 0.2) is 0 Å². The molecule has 108 valence electrons. The van der Waals surface area contributed by atoms with Crippen LogP contribution in [0.15, 0.2) is 24.3 Å². The van der Waals surface area contributed by atoms with E-state index in [0.29, 0.717) is 0 Å². The van der Waals surface area contributed by atoms with Crippen molar-refractivity contribution in [3.8, 4) is 5.75 Å². The summed E-state index contributed by atoms with van der Waals surface area (Å²) in [5.74, 6) is 1.06. The van der Waals surface area contributed by atoms with E-state index >= 15 is 0 Å². The monoisotopic (exact) mass is 272 g/mol. The Kier molecular flexibility index (Phi) is 3.84. The minimum absolute atomic E-state index is 0.112. The molecule has 1 spiro atoms. The summed E-state index contributed by atoms with van der Waals surface area (Å²) in [7, 11) is 0. The quantitative estimate of drug-likeness (QED) is 0.899. The molecule has 1 aromatic rings. The van der Waals surface area contributed by atoms with Gasteiger partial charge in [-0.25, -0.2) is 0 Å². The largest absolute Gasteiger partial charge is 0.493 e. The van der Waals surface area contributed by atoms with E-state index in [0.717, 1.165) is 50.9 Å². The molecule has 0 radical (unpaired) electrons. The highest BCUT2D eigenvalue weighted by Crippen LogP contribution is 2.49. The molecule has 2 aliphatic carbocycles. The molecule has 2 aliphatic rings. The van der Waals surface area contributed by atoms with Gasteiger partial charge in [0.1, 0.15) is 5.75 Å². The summed E-state index contributed by atoms with van der Waals surface area (Å²) < 4.78 is 6.01. The van der Waals surface area contributed by atoms with Gasteiger partial charge in [0.05, 0.1) is 12.7 Å². The van der Waals surface area contributed by atoms with Gasteiger partial charge < -0.3 is 9.84 Å². The maximum Gasteiger partial charge on any atom is 0.123 e. The lowest BCUT2D eigenvalue weighted by Gasteiger charge is -2.42. The van der Waals surface area contributed by atoms with Gasteiger partial charge in [-0.3, -0.25) is 0 Å². The molecule has 0 aliphatic heterocycles. The summed E-state index contributed by atoms with van der Waals surface area (Å²) in [6.45, 7) is 2.92. The second kappa shape index (κ2) is 5.61. The summed E-state index contributed by atoms with van der Waals surface area (Å²) in [6.07, 6.45) is 10.5. The number of fused-ring (bicyclic) bond motifs is 2. The van der Waals surface area contributed by atoms with Crippen LogP contribution in [0, 0.1) is 0 Å². The maximum absolute atomic E-state index is 9.83. The molecule has 20 heavy (non-hydrogen) atoms. The Morgan fingerprint density at radius 1 is 1.30 bits per heavy atom. The SMILES string of the molecule is CCCOc1cccc2c1C1(CC=C2)CCC(O)CC1. The minimum Gasteiger partial charge on any atom is -0.493 e. The molecule has 0 atom stereocenters. The Morgan fingerprint density at radius 2 is 2.10 bits per heavy atom. The van der Waals surface area contributed by atoms with Crippen LogP contribution >= 0.6 is 0 Å². The molecule has 1 saturated carbocycles. The van der Waals surface area contributed by atoms with E-state index in [1.165, 1.54) is 11.1 Å². The number of benzene rings is 1. The van der Waals surface area contributed by atoms with Gasteiger partial charge in [0.2, 0.25) is 0 Å². The van der Waals surface area contributed by atoms with Gasteiger partial charge in [0.25, 0.3) is 0 Å². The number of aliphatic hydroxyl groups excluding tert-OH is 1. The zero-order chi connectivity index (χ0) is 14.0. The number of ether oxygens (including phenoxy) is 1. The van der Waals surface area contributed by atoms with Crippen molar-refractivity contribution in [1.29, 1.82) is 0 Å². The molecule has 1 fully saturated rings. The fourth-order valence-electron chi connectivity index (χ4n) is 3.71. The van der Waals surface area contributed by atoms with E-state index in [9.17, 15) is 5.11 Å². The van der Waals surface area contributed by atoms with Crippen LogP contribution in [0.25, 0.3) is 6.08 Å². The third-order valence-corrected chi connectivity index (χ3v) is 4.77. The lowest BCUT2D eigenvalue weighted by Crippen LogP contribution is -2.35. The number of aliphatic hydroxyl groups is 1. The molecule has 2 nitrogen and oxygen atoms in total. The number of rotatable bonds is 3. The molecule has 3 rings (SSSR count). The first kappa shape index (κ1) is 13.7. The van der Waals surface area contributed by atoms with Gasteiger partial charge in [-0.2, -0.15) is 0 Å². The average molecular weight is 272 g/mol. The Morgan fingerprint density at radius 3 is 2.85 bits per heavy atom. The van der Waals surface area contributed by atoms with Crippen molar-refractivity contribution in [2.45, 2.75) is 57.0 Å². The molecule has 0 saturated heterocycles. The van der Waals surface area contributed by atoms with Crippen molar-refractivity contribution in [3.05, 3.63) is 35.4 Å². The highest BCUT2D eigenvalue weighted by atomic mass is 16.5. The van der Waals surface area contributed by atoms with Crippen molar-refractivity contribution >= 4 is 6.08 Å². The summed E-state index contributed by atoms with van der Waals surface area (Å²) >= 11 is 0. The number of hydrogen-bond donors (Lipinski definition) is 1. The Bertz CT molecular complexity index is 496. The van der Waals surface area contributed by atoms with Gasteiger partial charge in [0, 0.05) is 11.0 Å². The second-order valence-corrected chi connectivity index (χ2v) is 6.19. The highest BCUT2D eigenvalue weighted by molar-refractivity contribution is 5.64. The van der Waals surface area contributed by atoms with E-state index in [1.54, 1.807) is 0 Å². The van der Waals surface area contributed by atoms with Crippen molar-refractivity contribution in [1.82, 2.24) is 0 Å². The molecular weight excluding hydrogens is 248 g/mol. The van der Waals surface area contributed by atoms with E-state index in [4.69, 9.17) is 4.74 Å². The first-order valence-corrected chi connectivity index (χ1v) is 7.86. The first-order valence-electron chi connectivity index (χ1n) is 7.86. The minimum atomic E-state index is -0.112. The Balaban J connectivity index is 1.99. The predicted molar refractivity (Wildman–Crippen MR) is 82.0 cm³/mol. The van der Waals surface area contributed by atoms with Crippen molar-refractivity contribution < 1.29 is 9.84 Å². The van der Waals surface area contributed by atoms with Crippen LogP contribution in [-0.4, -0.2) is 17.8 Å². The van der Waals surface area contributed by atoms with Crippen molar-refractivity contribution in [2.24, 2.45) is 0 Å². The van der Waals surface area contributed by atoms with E-state index in [-0.39, 0.29) is 11.5 Å². The summed E-state index contributed by atoms with van der Waals surface area (Å²) in [5.41, 5.74) is 2.89. The molecule has 0 amide bonds. The standard InChI is InChI=1S/C18H24O2/c1-2-13-20-16-7-3-5-14-6-4-10-18(17(14)16)11-8-15(19)9-12-18/h3-7,15,19H,2,8-13H2,1H3. The topological polar surface area (TPSA) is 29.5 Å². The van der Waals surface area contributed by atoms with Crippen molar-refractivity contribution in [3.63, 3.8) is 0 Å². The van der Waals surface area contributed by atoms with Crippen LogP contribution in [-0.2, 0) is 5.41 Å². The van der Waals surface area contributed by atoms with Crippen LogP contribution in [0.3, 0.4) is 0 Å². The van der Waals surface area contributed by atoms with Crippen LogP contribution in [0.2, 0.25) is 0 Å². The summed E-state index contributed by atoms with van der Waals surface area (Å²) in [4.78, 5) is 0. The fourth-order valence-corrected chi connectivity index (χ4v) is 3.71. The normalized spacial score (nSPS) is 28.4. The zero-order valence-electron chi connectivity index (χ0n) is 12.3. The van der Waals surface area contributed by atoms with E-state index in [1.807, 2.05) is 0 Å². The lowest BCUT2D eigenvalue weighted by molar-refractivity contribution is 0.0941. The second-order valence-electron chi connectivity index (χ2n) is 6.19. The molecule has 2 heteroatoms. The molecular formula is C18H24O2.